The second kappa shape index (κ2) is 6.50. The number of nitrogens with zero attached hydrogens (tertiary/aromatic N) is 3. The fraction of sp³-hybridized carbons (Fsp3) is 0.846. The van der Waals surface area contributed by atoms with E-state index in [0.29, 0.717) is 5.92 Å². The maximum absolute atomic E-state index is 4.46. The Labute approximate surface area is 123 Å². The van der Waals surface area contributed by atoms with Crippen LogP contribution < -0.4 is 5.32 Å². The van der Waals surface area contributed by atoms with Crippen molar-refractivity contribution < 1.29 is 0 Å². The molecule has 0 aromatic carbocycles. The number of aromatic nitrogens is 3. The summed E-state index contributed by atoms with van der Waals surface area (Å²) in [6, 6.07) is 0. The average molecular weight is 298 g/mol. The Hall–Kier alpha value is -0.200. The molecule has 2 saturated heterocycles. The zero-order valence-corrected chi connectivity index (χ0v) is 13.1. The summed E-state index contributed by atoms with van der Waals surface area (Å²) >= 11 is 4.01. The molecule has 0 atom stereocenters. The van der Waals surface area contributed by atoms with Crippen LogP contribution >= 0.6 is 23.5 Å². The van der Waals surface area contributed by atoms with E-state index in [1.165, 1.54) is 43.0 Å². The Kier molecular flexibility index (Phi) is 4.71. The number of hydrogen-bond acceptors (Lipinski definition) is 5. The lowest BCUT2D eigenvalue weighted by Crippen LogP contribution is -2.28. The molecular formula is C13H22N4S2. The molecule has 2 aliphatic rings. The Morgan fingerprint density at radius 1 is 1.16 bits per heavy atom. The molecule has 2 aliphatic heterocycles. The minimum absolute atomic E-state index is 0.593. The summed E-state index contributed by atoms with van der Waals surface area (Å²) in [5, 5.41) is 14.2. The second-order valence-corrected chi connectivity index (χ2v) is 7.85. The van der Waals surface area contributed by atoms with Gasteiger partial charge in [0.05, 0.1) is 0 Å². The zero-order chi connectivity index (χ0) is 13.1. The molecule has 2 fully saturated rings. The van der Waals surface area contributed by atoms with Crippen LogP contribution in [0.1, 0.15) is 37.4 Å². The molecule has 106 valence electrons. The molecule has 0 bridgehead atoms. The lowest BCUT2D eigenvalue weighted by molar-refractivity contribution is 0.434. The van der Waals surface area contributed by atoms with E-state index in [1.807, 2.05) is 11.8 Å². The first-order valence-electron chi connectivity index (χ1n) is 7.19. The van der Waals surface area contributed by atoms with Gasteiger partial charge in [-0.2, -0.15) is 11.8 Å². The second-order valence-electron chi connectivity index (χ2n) is 5.35. The summed E-state index contributed by atoms with van der Waals surface area (Å²) in [5.74, 6) is 4.39. The molecule has 0 radical (unpaired) electrons. The van der Waals surface area contributed by atoms with E-state index in [4.69, 9.17) is 0 Å². The van der Waals surface area contributed by atoms with E-state index >= 15 is 0 Å². The first-order valence-corrected chi connectivity index (χ1v) is 9.22. The summed E-state index contributed by atoms with van der Waals surface area (Å²) in [6.45, 7) is 2.22. The van der Waals surface area contributed by atoms with Gasteiger partial charge in [0, 0.05) is 18.2 Å². The van der Waals surface area contributed by atoms with E-state index in [1.54, 1.807) is 0 Å². The van der Waals surface area contributed by atoms with Gasteiger partial charge < -0.3 is 9.88 Å². The van der Waals surface area contributed by atoms with E-state index in [-0.39, 0.29) is 0 Å². The van der Waals surface area contributed by atoms with Gasteiger partial charge in [0.2, 0.25) is 0 Å². The van der Waals surface area contributed by atoms with Crippen molar-refractivity contribution in [1.29, 1.82) is 0 Å². The highest BCUT2D eigenvalue weighted by atomic mass is 32.2. The minimum Gasteiger partial charge on any atom is -0.317 e. The van der Waals surface area contributed by atoms with E-state index in [0.717, 1.165) is 23.5 Å². The predicted molar refractivity (Wildman–Crippen MR) is 82.1 cm³/mol. The number of thioether (sulfide) groups is 2. The third-order valence-electron chi connectivity index (χ3n) is 4.01. The highest BCUT2D eigenvalue weighted by Crippen LogP contribution is 2.33. The molecular weight excluding hydrogens is 276 g/mol. The SMILES string of the molecule is Cn1c(SC2CCSCC2)nnc1C1CCNCC1. The standard InChI is InChI=1S/C13H22N4S2/c1-17-12(10-2-6-14-7-3-10)15-16-13(17)19-11-4-8-18-9-5-11/h10-11,14H,2-9H2,1H3. The molecule has 1 aromatic rings. The van der Waals surface area contributed by atoms with Gasteiger partial charge in [0.25, 0.3) is 0 Å². The first kappa shape index (κ1) is 13.8. The molecule has 3 rings (SSSR count). The normalized spacial score (nSPS) is 22.8. The molecule has 0 aliphatic carbocycles. The predicted octanol–water partition coefficient (Wildman–Crippen LogP) is 2.27. The van der Waals surface area contributed by atoms with Crippen LogP contribution in [0, 0.1) is 0 Å². The van der Waals surface area contributed by atoms with Crippen molar-refractivity contribution in [2.75, 3.05) is 24.6 Å². The lowest BCUT2D eigenvalue weighted by atomic mass is 9.97. The van der Waals surface area contributed by atoms with Gasteiger partial charge in [-0.25, -0.2) is 0 Å². The topological polar surface area (TPSA) is 42.7 Å². The van der Waals surface area contributed by atoms with Crippen molar-refractivity contribution in [2.24, 2.45) is 7.05 Å². The van der Waals surface area contributed by atoms with Crippen LogP contribution in [0.2, 0.25) is 0 Å². The van der Waals surface area contributed by atoms with Gasteiger partial charge in [0.1, 0.15) is 5.82 Å². The largest absolute Gasteiger partial charge is 0.317 e. The number of nitrogens with one attached hydrogen (secondary N) is 1. The number of piperidine rings is 1. The van der Waals surface area contributed by atoms with Gasteiger partial charge >= 0.3 is 0 Å². The third kappa shape index (κ3) is 3.28. The number of rotatable bonds is 3. The maximum Gasteiger partial charge on any atom is 0.191 e. The average Bonchev–Trinajstić information content (AvgIpc) is 2.82. The smallest absolute Gasteiger partial charge is 0.191 e. The van der Waals surface area contributed by atoms with E-state index in [9.17, 15) is 0 Å². The Morgan fingerprint density at radius 2 is 1.89 bits per heavy atom. The molecule has 0 amide bonds. The monoisotopic (exact) mass is 298 g/mol. The molecule has 0 unspecified atom stereocenters. The van der Waals surface area contributed by atoms with Crippen molar-refractivity contribution in [2.45, 2.75) is 42.0 Å². The summed E-state index contributed by atoms with van der Waals surface area (Å²) < 4.78 is 2.24. The van der Waals surface area contributed by atoms with Crippen LogP contribution in [0.25, 0.3) is 0 Å². The highest BCUT2D eigenvalue weighted by molar-refractivity contribution is 8.01. The van der Waals surface area contributed by atoms with Crippen LogP contribution in [0.15, 0.2) is 5.16 Å². The van der Waals surface area contributed by atoms with E-state index in [2.05, 4.69) is 38.9 Å². The Morgan fingerprint density at radius 3 is 2.63 bits per heavy atom. The van der Waals surface area contributed by atoms with Crippen molar-refractivity contribution in [1.82, 2.24) is 20.1 Å². The number of hydrogen-bond donors (Lipinski definition) is 1. The van der Waals surface area contributed by atoms with Gasteiger partial charge in [-0.15, -0.1) is 10.2 Å². The molecule has 3 heterocycles. The van der Waals surface area contributed by atoms with Gasteiger partial charge in [-0.3, -0.25) is 0 Å². The molecule has 19 heavy (non-hydrogen) atoms. The van der Waals surface area contributed by atoms with Crippen LogP contribution in [0.5, 0.6) is 0 Å². The summed E-state index contributed by atoms with van der Waals surface area (Å²) in [7, 11) is 2.14. The van der Waals surface area contributed by atoms with Crippen LogP contribution in [-0.4, -0.2) is 44.6 Å². The molecule has 0 saturated carbocycles. The maximum atomic E-state index is 4.46. The fourth-order valence-corrected chi connectivity index (χ4v) is 5.32. The van der Waals surface area contributed by atoms with Crippen LogP contribution in [0.3, 0.4) is 0 Å². The first-order chi connectivity index (χ1) is 9.34. The van der Waals surface area contributed by atoms with Crippen molar-refractivity contribution in [3.8, 4) is 0 Å². The summed E-state index contributed by atoms with van der Waals surface area (Å²) in [6.07, 6.45) is 5.00. The lowest BCUT2D eigenvalue weighted by Gasteiger charge is -2.22. The van der Waals surface area contributed by atoms with Crippen molar-refractivity contribution >= 4 is 23.5 Å². The third-order valence-corrected chi connectivity index (χ3v) is 6.43. The highest BCUT2D eigenvalue weighted by Gasteiger charge is 2.23. The van der Waals surface area contributed by atoms with Gasteiger partial charge in [-0.05, 0) is 50.3 Å². The molecule has 1 N–H and O–H groups in total. The van der Waals surface area contributed by atoms with E-state index < -0.39 is 0 Å². The molecule has 0 spiro atoms. The van der Waals surface area contributed by atoms with Crippen LogP contribution in [0.4, 0.5) is 0 Å². The Balaban J connectivity index is 1.67. The molecule has 4 nitrogen and oxygen atoms in total. The fourth-order valence-electron chi connectivity index (χ4n) is 2.81. The molecule has 1 aromatic heterocycles. The quantitative estimate of drug-likeness (QED) is 0.927. The van der Waals surface area contributed by atoms with Crippen molar-refractivity contribution in [3.63, 3.8) is 0 Å². The van der Waals surface area contributed by atoms with Crippen LogP contribution in [-0.2, 0) is 7.05 Å². The summed E-state index contributed by atoms with van der Waals surface area (Å²) in [5.41, 5.74) is 0. The van der Waals surface area contributed by atoms with Gasteiger partial charge in [0.15, 0.2) is 5.16 Å². The zero-order valence-electron chi connectivity index (χ0n) is 11.5. The van der Waals surface area contributed by atoms with Gasteiger partial charge in [-0.1, -0.05) is 11.8 Å². The molecule has 6 heteroatoms. The van der Waals surface area contributed by atoms with Crippen molar-refractivity contribution in [3.05, 3.63) is 5.82 Å². The summed E-state index contributed by atoms with van der Waals surface area (Å²) in [4.78, 5) is 0. The minimum atomic E-state index is 0.593. The Bertz CT molecular complexity index is 409.